The number of pyridine rings is 1. The van der Waals surface area contributed by atoms with Crippen molar-refractivity contribution >= 4 is 0 Å². The van der Waals surface area contributed by atoms with Crippen molar-refractivity contribution in [3.05, 3.63) is 29.6 Å². The van der Waals surface area contributed by atoms with Crippen LogP contribution in [0.1, 0.15) is 36.6 Å². The molecule has 2 heterocycles. The van der Waals surface area contributed by atoms with Gasteiger partial charge in [-0.1, -0.05) is 6.07 Å². The second-order valence-corrected chi connectivity index (χ2v) is 4.15. The van der Waals surface area contributed by atoms with Crippen LogP contribution in [0.4, 0.5) is 13.2 Å². The van der Waals surface area contributed by atoms with Crippen LogP contribution in [0.25, 0.3) is 0 Å². The van der Waals surface area contributed by atoms with Crippen LogP contribution in [0, 0.1) is 11.3 Å². The Morgan fingerprint density at radius 1 is 1.33 bits per heavy atom. The fourth-order valence-electron chi connectivity index (χ4n) is 1.93. The van der Waals surface area contributed by atoms with Gasteiger partial charge in [0.1, 0.15) is 11.8 Å². The first-order valence-electron chi connectivity index (χ1n) is 5.59. The standard InChI is InChI=1S/C12H11F3N2O/c13-12(14,15)11-5-4-8(7-17-11)10-3-1-2-9(6-16)18-10/h4-5,7,9-10H,1-3H2/t9-,10+/m1/s1. The molecule has 0 spiro atoms. The third-order valence-corrected chi connectivity index (χ3v) is 2.85. The number of alkyl halides is 3. The van der Waals surface area contributed by atoms with E-state index in [9.17, 15) is 13.2 Å². The third-order valence-electron chi connectivity index (χ3n) is 2.85. The van der Waals surface area contributed by atoms with Gasteiger partial charge in [-0.25, -0.2) is 0 Å². The van der Waals surface area contributed by atoms with Crippen molar-refractivity contribution in [2.45, 2.75) is 37.6 Å². The third kappa shape index (κ3) is 2.79. The predicted molar refractivity (Wildman–Crippen MR) is 56.3 cm³/mol. The Morgan fingerprint density at radius 2 is 2.11 bits per heavy atom. The van der Waals surface area contributed by atoms with Crippen LogP contribution < -0.4 is 0 Å². The molecule has 3 nitrogen and oxygen atoms in total. The van der Waals surface area contributed by atoms with Gasteiger partial charge in [-0.2, -0.15) is 18.4 Å². The molecule has 0 saturated carbocycles. The summed E-state index contributed by atoms with van der Waals surface area (Å²) in [4.78, 5) is 3.39. The molecule has 0 radical (unpaired) electrons. The summed E-state index contributed by atoms with van der Waals surface area (Å²) in [6.07, 6.45) is -1.88. The SMILES string of the molecule is N#C[C@H]1CCC[C@@H](c2ccc(C(F)(F)F)nc2)O1. The van der Waals surface area contributed by atoms with Gasteiger partial charge in [0.15, 0.2) is 0 Å². The quantitative estimate of drug-likeness (QED) is 0.774. The molecule has 0 amide bonds. The van der Waals surface area contributed by atoms with Gasteiger partial charge in [0.2, 0.25) is 0 Å². The lowest BCUT2D eigenvalue weighted by atomic mass is 10.00. The fraction of sp³-hybridized carbons (Fsp3) is 0.500. The Labute approximate surface area is 102 Å². The highest BCUT2D eigenvalue weighted by atomic mass is 19.4. The van der Waals surface area contributed by atoms with Crippen molar-refractivity contribution < 1.29 is 17.9 Å². The molecule has 0 unspecified atom stereocenters. The van der Waals surface area contributed by atoms with Gasteiger partial charge >= 0.3 is 6.18 Å². The van der Waals surface area contributed by atoms with E-state index >= 15 is 0 Å². The van der Waals surface area contributed by atoms with Crippen LogP contribution >= 0.6 is 0 Å². The number of nitrogens with zero attached hydrogens (tertiary/aromatic N) is 2. The monoisotopic (exact) mass is 256 g/mol. The van der Waals surface area contributed by atoms with Crippen molar-refractivity contribution in [1.82, 2.24) is 4.98 Å². The zero-order chi connectivity index (χ0) is 13.2. The molecule has 0 bridgehead atoms. The van der Waals surface area contributed by atoms with E-state index < -0.39 is 18.0 Å². The van der Waals surface area contributed by atoms with Crippen molar-refractivity contribution in [3.63, 3.8) is 0 Å². The van der Waals surface area contributed by atoms with Crippen LogP contribution in [0.3, 0.4) is 0 Å². The molecule has 1 fully saturated rings. The van der Waals surface area contributed by atoms with Crippen molar-refractivity contribution in [2.24, 2.45) is 0 Å². The number of hydrogen-bond donors (Lipinski definition) is 0. The van der Waals surface area contributed by atoms with E-state index in [1.807, 2.05) is 6.07 Å². The molecular weight excluding hydrogens is 245 g/mol. The first-order valence-corrected chi connectivity index (χ1v) is 5.59. The van der Waals surface area contributed by atoms with Gasteiger partial charge in [-0.05, 0) is 30.9 Å². The summed E-state index contributed by atoms with van der Waals surface area (Å²) in [6.45, 7) is 0. The molecule has 1 aliphatic heterocycles. The van der Waals surface area contributed by atoms with Gasteiger partial charge in [0, 0.05) is 6.20 Å². The molecule has 0 aromatic carbocycles. The summed E-state index contributed by atoms with van der Waals surface area (Å²) < 4.78 is 42.5. The maximum atomic E-state index is 12.3. The number of ether oxygens (including phenoxy) is 1. The Morgan fingerprint density at radius 3 is 2.67 bits per heavy atom. The number of nitriles is 1. The maximum Gasteiger partial charge on any atom is 0.433 e. The first kappa shape index (κ1) is 12.8. The molecule has 0 N–H and O–H groups in total. The average Bonchev–Trinajstić information content (AvgIpc) is 2.38. The van der Waals surface area contributed by atoms with E-state index in [1.165, 1.54) is 12.3 Å². The second-order valence-electron chi connectivity index (χ2n) is 4.15. The molecule has 96 valence electrons. The van der Waals surface area contributed by atoms with Crippen LogP contribution in [0.2, 0.25) is 0 Å². The summed E-state index contributed by atoms with van der Waals surface area (Å²) in [6, 6.07) is 4.32. The number of halogens is 3. The minimum atomic E-state index is -4.43. The minimum absolute atomic E-state index is 0.335. The van der Waals surface area contributed by atoms with E-state index in [2.05, 4.69) is 4.98 Å². The van der Waals surface area contributed by atoms with E-state index in [0.29, 0.717) is 18.4 Å². The van der Waals surface area contributed by atoms with Crippen LogP contribution in [-0.4, -0.2) is 11.1 Å². The summed E-state index contributed by atoms with van der Waals surface area (Å²) >= 11 is 0. The molecule has 2 atom stereocenters. The maximum absolute atomic E-state index is 12.3. The Balaban J connectivity index is 2.12. The normalized spacial score (nSPS) is 24.6. The molecule has 1 aromatic rings. The molecule has 6 heteroatoms. The Hall–Kier alpha value is -1.61. The fourth-order valence-corrected chi connectivity index (χ4v) is 1.93. The highest BCUT2D eigenvalue weighted by Crippen LogP contribution is 2.32. The van der Waals surface area contributed by atoms with Gasteiger partial charge in [0.05, 0.1) is 12.2 Å². The lowest BCUT2D eigenvalue weighted by molar-refractivity contribution is -0.141. The summed E-state index contributed by atoms with van der Waals surface area (Å²) in [7, 11) is 0. The highest BCUT2D eigenvalue weighted by Gasteiger charge is 2.32. The predicted octanol–water partition coefficient (Wildman–Crippen LogP) is 3.23. The zero-order valence-corrected chi connectivity index (χ0v) is 9.44. The van der Waals surface area contributed by atoms with Gasteiger partial charge in [-0.15, -0.1) is 0 Å². The topological polar surface area (TPSA) is 45.9 Å². The van der Waals surface area contributed by atoms with E-state index in [4.69, 9.17) is 10.00 Å². The van der Waals surface area contributed by atoms with Crippen LogP contribution in [0.15, 0.2) is 18.3 Å². The van der Waals surface area contributed by atoms with E-state index in [-0.39, 0.29) is 6.10 Å². The number of aromatic nitrogens is 1. The van der Waals surface area contributed by atoms with Gasteiger partial charge in [-0.3, -0.25) is 4.98 Å². The Bertz CT molecular complexity index is 450. The van der Waals surface area contributed by atoms with Crippen LogP contribution in [-0.2, 0) is 10.9 Å². The highest BCUT2D eigenvalue weighted by molar-refractivity contribution is 5.19. The lowest BCUT2D eigenvalue weighted by Crippen LogP contribution is -2.21. The van der Waals surface area contributed by atoms with E-state index in [1.54, 1.807) is 0 Å². The summed E-state index contributed by atoms with van der Waals surface area (Å²) in [5, 5.41) is 8.77. The molecular formula is C12H11F3N2O. The molecule has 1 saturated heterocycles. The molecule has 2 rings (SSSR count). The van der Waals surface area contributed by atoms with Crippen molar-refractivity contribution in [2.75, 3.05) is 0 Å². The largest absolute Gasteiger partial charge is 0.433 e. The molecule has 1 aliphatic rings. The van der Waals surface area contributed by atoms with Crippen molar-refractivity contribution in [1.29, 1.82) is 5.26 Å². The minimum Gasteiger partial charge on any atom is -0.355 e. The number of rotatable bonds is 1. The van der Waals surface area contributed by atoms with Gasteiger partial charge < -0.3 is 4.74 Å². The smallest absolute Gasteiger partial charge is 0.355 e. The molecule has 18 heavy (non-hydrogen) atoms. The second kappa shape index (κ2) is 4.94. The number of hydrogen-bond acceptors (Lipinski definition) is 3. The zero-order valence-electron chi connectivity index (χ0n) is 9.44. The van der Waals surface area contributed by atoms with Crippen molar-refractivity contribution in [3.8, 4) is 6.07 Å². The summed E-state index contributed by atoms with van der Waals surface area (Å²) in [5.41, 5.74) is -0.332. The lowest BCUT2D eigenvalue weighted by Gasteiger charge is -2.26. The van der Waals surface area contributed by atoms with Crippen LogP contribution in [0.5, 0.6) is 0 Å². The summed E-state index contributed by atoms with van der Waals surface area (Å²) in [5.74, 6) is 0. The molecule has 0 aliphatic carbocycles. The first-order chi connectivity index (χ1) is 8.50. The van der Waals surface area contributed by atoms with Gasteiger partial charge in [0.25, 0.3) is 0 Å². The molecule has 1 aromatic heterocycles. The average molecular weight is 256 g/mol. The van der Waals surface area contributed by atoms with E-state index in [0.717, 1.165) is 12.5 Å². The Kier molecular flexibility index (Phi) is 3.53.